The zero-order valence-corrected chi connectivity index (χ0v) is 20.3. The molecule has 2 atom stereocenters. The maximum absolute atomic E-state index is 13.1. The first-order chi connectivity index (χ1) is 17.9. The zero-order chi connectivity index (χ0) is 25.9. The number of fused-ring (bicyclic) bond motifs is 1. The Morgan fingerprint density at radius 1 is 1.16 bits per heavy atom. The van der Waals surface area contributed by atoms with E-state index in [-0.39, 0.29) is 19.1 Å². The van der Waals surface area contributed by atoms with E-state index in [9.17, 15) is 19.7 Å². The summed E-state index contributed by atoms with van der Waals surface area (Å²) in [5.41, 5.74) is 1.38. The standard InChI is InChI=1S/C25H27N5O7/c1-2-35-24(32)21-22(17-4-3-5-18(13-17)30(33)34)26-25(27-23(21)31)29-10-8-28(9-11-29)14-16-6-7-19-20(12-16)37-15-36-19/h3-7,12-13,21-22H,2,8-11,14-15H2,1H3,(H,26,27,31)/t21-,22+/m1/s1. The number of ether oxygens (including phenoxy) is 3. The van der Waals surface area contributed by atoms with E-state index in [1.54, 1.807) is 13.0 Å². The molecule has 1 fully saturated rings. The maximum atomic E-state index is 13.1. The van der Waals surface area contributed by atoms with Crippen molar-refractivity contribution in [1.82, 2.24) is 15.1 Å². The second-order valence-electron chi connectivity index (χ2n) is 8.92. The average Bonchev–Trinajstić information content (AvgIpc) is 3.37. The third-order valence-corrected chi connectivity index (χ3v) is 6.57. The Bertz CT molecular complexity index is 1240. The zero-order valence-electron chi connectivity index (χ0n) is 20.3. The Morgan fingerprint density at radius 2 is 1.95 bits per heavy atom. The number of esters is 1. The van der Waals surface area contributed by atoms with E-state index in [0.717, 1.165) is 36.7 Å². The summed E-state index contributed by atoms with van der Waals surface area (Å²) >= 11 is 0. The number of amides is 1. The summed E-state index contributed by atoms with van der Waals surface area (Å²) in [4.78, 5) is 45.5. The van der Waals surface area contributed by atoms with Gasteiger partial charge in [0.05, 0.1) is 11.5 Å². The normalized spacial score (nSPS) is 21.3. The first-order valence-corrected chi connectivity index (χ1v) is 12.1. The number of guanidine groups is 1. The molecule has 1 amide bonds. The van der Waals surface area contributed by atoms with E-state index in [1.165, 1.54) is 18.2 Å². The predicted octanol–water partition coefficient (Wildman–Crippen LogP) is 1.85. The van der Waals surface area contributed by atoms with Crippen LogP contribution in [0.2, 0.25) is 0 Å². The highest BCUT2D eigenvalue weighted by molar-refractivity contribution is 6.08. The monoisotopic (exact) mass is 509 g/mol. The van der Waals surface area contributed by atoms with E-state index >= 15 is 0 Å². The van der Waals surface area contributed by atoms with Crippen LogP contribution in [0.1, 0.15) is 24.1 Å². The maximum Gasteiger partial charge on any atom is 0.321 e. The van der Waals surface area contributed by atoms with Crippen LogP contribution in [0.4, 0.5) is 5.69 Å². The molecule has 2 aromatic carbocycles. The van der Waals surface area contributed by atoms with Crippen molar-refractivity contribution in [3.63, 3.8) is 0 Å². The van der Waals surface area contributed by atoms with Crippen LogP contribution in [0.5, 0.6) is 11.5 Å². The van der Waals surface area contributed by atoms with E-state index in [4.69, 9.17) is 19.2 Å². The highest BCUT2D eigenvalue weighted by Gasteiger charge is 2.42. The fourth-order valence-corrected chi connectivity index (χ4v) is 4.70. The molecule has 1 saturated heterocycles. The number of carbonyl (C=O) groups is 2. The summed E-state index contributed by atoms with van der Waals surface area (Å²) in [5.74, 6) is -0.642. The Kier molecular flexibility index (Phi) is 6.91. The molecule has 0 saturated carbocycles. The number of nitrogens with zero attached hydrogens (tertiary/aromatic N) is 4. The third-order valence-electron chi connectivity index (χ3n) is 6.57. The fourth-order valence-electron chi connectivity index (χ4n) is 4.70. The lowest BCUT2D eigenvalue weighted by Gasteiger charge is -2.39. The van der Waals surface area contributed by atoms with Crippen molar-refractivity contribution in [3.05, 3.63) is 63.7 Å². The molecular weight excluding hydrogens is 482 g/mol. The van der Waals surface area contributed by atoms with Gasteiger partial charge in [0, 0.05) is 44.9 Å². The molecule has 0 radical (unpaired) electrons. The molecule has 3 aliphatic rings. The van der Waals surface area contributed by atoms with Gasteiger partial charge >= 0.3 is 5.97 Å². The van der Waals surface area contributed by atoms with Crippen molar-refractivity contribution < 1.29 is 28.7 Å². The van der Waals surface area contributed by atoms with Crippen LogP contribution in [-0.2, 0) is 20.9 Å². The number of aliphatic imine (C=N–C) groups is 1. The van der Waals surface area contributed by atoms with Crippen LogP contribution in [0.25, 0.3) is 0 Å². The summed E-state index contributed by atoms with van der Waals surface area (Å²) in [5, 5.41) is 14.1. The second kappa shape index (κ2) is 10.4. The SMILES string of the molecule is CCOC(=O)[C@H]1C(=O)NC(N2CCN(Cc3ccc4c(c3)OCO4)CC2)=N[C@H]1c1cccc([N+](=O)[O-])c1. The number of nitrogens with one attached hydrogen (secondary N) is 1. The van der Waals surface area contributed by atoms with Crippen LogP contribution in [0.3, 0.4) is 0 Å². The summed E-state index contributed by atoms with van der Waals surface area (Å²) in [7, 11) is 0. The molecule has 37 heavy (non-hydrogen) atoms. The fraction of sp³-hybridized carbons (Fsp3) is 0.400. The second-order valence-corrected chi connectivity index (χ2v) is 8.92. The number of benzene rings is 2. The van der Waals surface area contributed by atoms with Gasteiger partial charge in [0.1, 0.15) is 6.04 Å². The largest absolute Gasteiger partial charge is 0.465 e. The minimum atomic E-state index is -1.24. The van der Waals surface area contributed by atoms with Crippen molar-refractivity contribution in [2.24, 2.45) is 10.9 Å². The van der Waals surface area contributed by atoms with Gasteiger partial charge in [-0.1, -0.05) is 18.2 Å². The van der Waals surface area contributed by atoms with Crippen molar-refractivity contribution >= 4 is 23.5 Å². The molecular formula is C25H27N5O7. The summed E-state index contributed by atoms with van der Waals surface area (Å²) < 4.78 is 16.0. The minimum Gasteiger partial charge on any atom is -0.465 e. The van der Waals surface area contributed by atoms with Gasteiger partial charge in [0.15, 0.2) is 17.4 Å². The molecule has 12 nitrogen and oxygen atoms in total. The molecule has 3 aliphatic heterocycles. The highest BCUT2D eigenvalue weighted by Crippen LogP contribution is 2.34. The molecule has 0 aromatic heterocycles. The number of non-ortho nitro benzene ring substituents is 1. The Hall–Kier alpha value is -4.19. The number of carbonyl (C=O) groups excluding carboxylic acids is 2. The van der Waals surface area contributed by atoms with E-state index in [1.807, 2.05) is 23.1 Å². The lowest BCUT2D eigenvalue weighted by molar-refractivity contribution is -0.384. The van der Waals surface area contributed by atoms with Crippen LogP contribution in [0.15, 0.2) is 47.5 Å². The predicted molar refractivity (Wildman–Crippen MR) is 131 cm³/mol. The smallest absolute Gasteiger partial charge is 0.321 e. The Balaban J connectivity index is 1.32. The van der Waals surface area contributed by atoms with Gasteiger partial charge in [-0.3, -0.25) is 29.9 Å². The van der Waals surface area contributed by atoms with E-state index < -0.39 is 28.8 Å². The topological polar surface area (TPSA) is 136 Å². The number of nitro benzene ring substituents is 1. The van der Waals surface area contributed by atoms with Gasteiger partial charge in [0.25, 0.3) is 5.69 Å². The molecule has 0 aliphatic carbocycles. The van der Waals surface area contributed by atoms with Gasteiger partial charge in [-0.15, -0.1) is 0 Å². The van der Waals surface area contributed by atoms with Crippen molar-refractivity contribution in [3.8, 4) is 11.5 Å². The van der Waals surface area contributed by atoms with Crippen molar-refractivity contribution in [1.29, 1.82) is 0 Å². The van der Waals surface area contributed by atoms with Gasteiger partial charge in [-0.05, 0) is 30.2 Å². The molecule has 1 N–H and O–H groups in total. The summed E-state index contributed by atoms with van der Waals surface area (Å²) in [6.45, 7) is 5.40. The number of rotatable bonds is 6. The third kappa shape index (κ3) is 5.19. The molecule has 194 valence electrons. The van der Waals surface area contributed by atoms with Crippen LogP contribution in [0, 0.1) is 16.0 Å². The Morgan fingerprint density at radius 3 is 2.70 bits per heavy atom. The molecule has 2 aromatic rings. The molecule has 3 heterocycles. The lowest BCUT2D eigenvalue weighted by Crippen LogP contribution is -2.57. The molecule has 0 bridgehead atoms. The van der Waals surface area contributed by atoms with Crippen molar-refractivity contribution in [2.75, 3.05) is 39.6 Å². The summed E-state index contributed by atoms with van der Waals surface area (Å²) in [6.07, 6.45) is 0. The molecule has 12 heteroatoms. The first kappa shape index (κ1) is 24.5. The number of hydrogen-bond donors (Lipinski definition) is 1. The molecule has 5 rings (SSSR count). The summed E-state index contributed by atoms with van der Waals surface area (Å²) in [6, 6.07) is 10.8. The highest BCUT2D eigenvalue weighted by atomic mass is 16.7. The Labute approximate surface area is 212 Å². The van der Waals surface area contributed by atoms with Crippen LogP contribution >= 0.6 is 0 Å². The molecule has 0 unspecified atom stereocenters. The number of piperazine rings is 1. The average molecular weight is 510 g/mol. The van der Waals surface area contributed by atoms with Gasteiger partial charge in [-0.2, -0.15) is 0 Å². The van der Waals surface area contributed by atoms with Gasteiger partial charge in [0.2, 0.25) is 18.7 Å². The van der Waals surface area contributed by atoms with Crippen molar-refractivity contribution in [2.45, 2.75) is 19.5 Å². The first-order valence-electron chi connectivity index (χ1n) is 12.1. The number of hydrogen-bond acceptors (Lipinski definition) is 10. The van der Waals surface area contributed by atoms with Gasteiger partial charge < -0.3 is 19.1 Å². The van der Waals surface area contributed by atoms with Crippen LogP contribution in [-0.4, -0.2) is 72.1 Å². The minimum absolute atomic E-state index is 0.103. The van der Waals surface area contributed by atoms with E-state index in [2.05, 4.69) is 10.2 Å². The van der Waals surface area contributed by atoms with Crippen LogP contribution < -0.4 is 14.8 Å². The molecule has 0 spiro atoms. The van der Waals surface area contributed by atoms with E-state index in [0.29, 0.717) is 24.6 Å². The quantitative estimate of drug-likeness (QED) is 0.268. The van der Waals surface area contributed by atoms with Gasteiger partial charge in [-0.25, -0.2) is 4.99 Å². The lowest BCUT2D eigenvalue weighted by atomic mass is 9.91. The number of nitro groups is 1.